The number of aliphatic hydroxyl groups excluding tert-OH is 1. The Balaban J connectivity index is 1.57. The second-order valence-electron chi connectivity index (χ2n) is 7.42. The molecule has 2 fully saturated rings. The summed E-state index contributed by atoms with van der Waals surface area (Å²) in [5.74, 6) is 0.205. The Kier molecular flexibility index (Phi) is 4.21. The van der Waals surface area contributed by atoms with E-state index in [1.54, 1.807) is 12.1 Å². The molecule has 0 bridgehead atoms. The molecule has 134 valence electrons. The minimum atomic E-state index is -0.728. The van der Waals surface area contributed by atoms with Gasteiger partial charge in [0.2, 0.25) is 11.8 Å². The second kappa shape index (κ2) is 6.15. The van der Waals surface area contributed by atoms with Gasteiger partial charge in [-0.3, -0.25) is 9.59 Å². The average Bonchev–Trinajstić information content (AvgIpc) is 3.29. The fraction of sp³-hybridized carbons (Fsp3) is 0.556. The van der Waals surface area contributed by atoms with Crippen LogP contribution in [0.1, 0.15) is 31.2 Å². The first-order chi connectivity index (χ1) is 11.9. The Morgan fingerprint density at radius 1 is 1.32 bits per heavy atom. The molecule has 0 aromatic heterocycles. The zero-order chi connectivity index (χ0) is 17.8. The third-order valence-electron chi connectivity index (χ3n) is 5.99. The summed E-state index contributed by atoms with van der Waals surface area (Å²) in [6.07, 6.45) is 3.04. The molecule has 1 saturated carbocycles. The van der Waals surface area contributed by atoms with E-state index in [9.17, 15) is 14.7 Å². The molecular weight excluding hydrogens is 363 g/mol. The van der Waals surface area contributed by atoms with E-state index in [2.05, 4.69) is 5.32 Å². The molecule has 2 N–H and O–H groups in total. The van der Waals surface area contributed by atoms with Crippen LogP contribution in [0, 0.1) is 11.8 Å². The average molecular weight is 383 g/mol. The van der Waals surface area contributed by atoms with Crippen LogP contribution in [0.4, 0.5) is 5.69 Å². The highest BCUT2D eigenvalue weighted by atomic mass is 35.5. The number of hydrogen-bond donors (Lipinski definition) is 2. The maximum absolute atomic E-state index is 12.9. The lowest BCUT2D eigenvalue weighted by Gasteiger charge is -2.24. The molecule has 4 rings (SSSR count). The number of nitrogens with one attached hydrogen (secondary N) is 1. The van der Waals surface area contributed by atoms with Gasteiger partial charge in [-0.1, -0.05) is 23.2 Å². The van der Waals surface area contributed by atoms with Gasteiger partial charge in [0.05, 0.1) is 15.5 Å². The number of rotatable bonds is 2. The highest BCUT2D eigenvalue weighted by molar-refractivity contribution is 6.42. The van der Waals surface area contributed by atoms with Crippen molar-refractivity contribution in [2.45, 2.75) is 31.1 Å². The van der Waals surface area contributed by atoms with Gasteiger partial charge in [0, 0.05) is 31.3 Å². The molecule has 1 aromatic rings. The predicted molar refractivity (Wildman–Crippen MR) is 95.9 cm³/mol. The number of fused-ring (bicyclic) bond motifs is 2. The number of carbonyl (C=O) groups excluding carboxylic acids is 2. The molecular formula is C18H20Cl2N2O3. The van der Waals surface area contributed by atoms with E-state index in [1.807, 2.05) is 4.90 Å². The standard InChI is InChI=1S/C18H20Cl2N2O3/c19-13-6-12-15(7-14(13)20)21-17(25)18(12)3-4-22(9-18)16(24)11-2-1-10(5-11)8-23/h6-7,10-11,23H,1-5,8-9H2,(H,21,25)/t10-,11+,18+/m0/s1. The lowest BCUT2D eigenvalue weighted by molar-refractivity contribution is -0.134. The number of aliphatic hydroxyl groups is 1. The third kappa shape index (κ3) is 2.64. The Morgan fingerprint density at radius 2 is 2.08 bits per heavy atom. The van der Waals surface area contributed by atoms with Crippen LogP contribution in [-0.2, 0) is 15.0 Å². The summed E-state index contributed by atoms with van der Waals surface area (Å²) >= 11 is 12.2. The van der Waals surface area contributed by atoms with Gasteiger partial charge in [0.15, 0.2) is 0 Å². The van der Waals surface area contributed by atoms with E-state index in [-0.39, 0.29) is 30.3 Å². The molecule has 0 radical (unpaired) electrons. The van der Waals surface area contributed by atoms with Crippen molar-refractivity contribution in [2.75, 3.05) is 25.0 Å². The van der Waals surface area contributed by atoms with Crippen LogP contribution in [0.3, 0.4) is 0 Å². The third-order valence-corrected chi connectivity index (χ3v) is 6.71. The Bertz CT molecular complexity index is 754. The lowest BCUT2D eigenvalue weighted by Crippen LogP contribution is -2.40. The first-order valence-electron chi connectivity index (χ1n) is 8.65. The van der Waals surface area contributed by atoms with Crippen LogP contribution in [0.5, 0.6) is 0 Å². The number of nitrogens with zero attached hydrogens (tertiary/aromatic N) is 1. The van der Waals surface area contributed by atoms with E-state index in [4.69, 9.17) is 23.2 Å². The maximum Gasteiger partial charge on any atom is 0.237 e. The smallest absolute Gasteiger partial charge is 0.237 e. The molecule has 1 spiro atoms. The minimum absolute atomic E-state index is 0.0370. The molecule has 2 heterocycles. The van der Waals surface area contributed by atoms with E-state index >= 15 is 0 Å². The van der Waals surface area contributed by atoms with E-state index in [1.165, 1.54) is 0 Å². The number of halogens is 2. The van der Waals surface area contributed by atoms with E-state index in [0.29, 0.717) is 35.2 Å². The molecule has 3 atom stereocenters. The van der Waals surface area contributed by atoms with Crippen molar-refractivity contribution in [1.82, 2.24) is 4.90 Å². The van der Waals surface area contributed by atoms with Crippen molar-refractivity contribution in [3.63, 3.8) is 0 Å². The van der Waals surface area contributed by atoms with Crippen LogP contribution >= 0.6 is 23.2 Å². The lowest BCUT2D eigenvalue weighted by atomic mass is 9.81. The van der Waals surface area contributed by atoms with Crippen molar-refractivity contribution in [3.05, 3.63) is 27.7 Å². The summed E-state index contributed by atoms with van der Waals surface area (Å²) in [6.45, 7) is 1.08. The molecule has 2 amide bonds. The monoisotopic (exact) mass is 382 g/mol. The summed E-state index contributed by atoms with van der Waals surface area (Å²) in [4.78, 5) is 27.4. The van der Waals surface area contributed by atoms with Crippen LogP contribution in [0.15, 0.2) is 12.1 Å². The second-order valence-corrected chi connectivity index (χ2v) is 8.23. The Hall–Kier alpha value is -1.30. The quantitative estimate of drug-likeness (QED) is 0.825. The van der Waals surface area contributed by atoms with Crippen LogP contribution in [0.25, 0.3) is 0 Å². The van der Waals surface area contributed by atoms with Crippen molar-refractivity contribution >= 4 is 40.7 Å². The zero-order valence-electron chi connectivity index (χ0n) is 13.7. The minimum Gasteiger partial charge on any atom is -0.396 e. The van der Waals surface area contributed by atoms with Crippen LogP contribution in [0.2, 0.25) is 10.0 Å². The first kappa shape index (κ1) is 17.1. The van der Waals surface area contributed by atoms with Gasteiger partial charge in [0.25, 0.3) is 0 Å². The zero-order valence-corrected chi connectivity index (χ0v) is 15.2. The van der Waals surface area contributed by atoms with Crippen LogP contribution < -0.4 is 5.32 Å². The SMILES string of the molecule is O=C([C@@H]1CC[C@H](CO)C1)N1CC[C@]2(C1)C(=O)Nc1cc(Cl)c(Cl)cc12. The topological polar surface area (TPSA) is 69.6 Å². The molecule has 1 saturated heterocycles. The number of hydrogen-bond acceptors (Lipinski definition) is 3. The largest absolute Gasteiger partial charge is 0.396 e. The fourth-order valence-electron chi connectivity index (χ4n) is 4.54. The molecule has 0 unspecified atom stereocenters. The molecule has 5 nitrogen and oxygen atoms in total. The molecule has 2 aliphatic heterocycles. The van der Waals surface area contributed by atoms with Crippen molar-refractivity contribution < 1.29 is 14.7 Å². The molecule has 7 heteroatoms. The van der Waals surface area contributed by atoms with Gasteiger partial charge >= 0.3 is 0 Å². The first-order valence-corrected chi connectivity index (χ1v) is 9.41. The number of amides is 2. The molecule has 1 aromatic carbocycles. The van der Waals surface area contributed by atoms with Crippen molar-refractivity contribution in [3.8, 4) is 0 Å². The summed E-state index contributed by atoms with van der Waals surface area (Å²) in [6, 6.07) is 3.43. The fourth-order valence-corrected chi connectivity index (χ4v) is 4.86. The molecule has 1 aliphatic carbocycles. The van der Waals surface area contributed by atoms with Gasteiger partial charge in [-0.2, -0.15) is 0 Å². The number of likely N-dealkylation sites (tertiary alicyclic amines) is 1. The van der Waals surface area contributed by atoms with E-state index < -0.39 is 5.41 Å². The Labute approximate surface area is 156 Å². The van der Waals surface area contributed by atoms with Crippen molar-refractivity contribution in [1.29, 1.82) is 0 Å². The van der Waals surface area contributed by atoms with E-state index in [0.717, 1.165) is 24.8 Å². The summed E-state index contributed by atoms with van der Waals surface area (Å²) in [7, 11) is 0. The maximum atomic E-state index is 12.9. The number of carbonyl (C=O) groups is 2. The highest BCUT2D eigenvalue weighted by Crippen LogP contribution is 2.47. The van der Waals surface area contributed by atoms with Crippen LogP contribution in [-0.4, -0.2) is 41.5 Å². The highest BCUT2D eigenvalue weighted by Gasteiger charge is 2.53. The molecule has 25 heavy (non-hydrogen) atoms. The van der Waals surface area contributed by atoms with Gasteiger partial charge in [-0.15, -0.1) is 0 Å². The predicted octanol–water partition coefficient (Wildman–Crippen LogP) is 2.82. The number of benzene rings is 1. The molecule has 3 aliphatic rings. The normalized spacial score (nSPS) is 30.8. The van der Waals surface area contributed by atoms with Gasteiger partial charge < -0.3 is 15.3 Å². The van der Waals surface area contributed by atoms with Gasteiger partial charge in [0.1, 0.15) is 0 Å². The van der Waals surface area contributed by atoms with Gasteiger partial charge in [-0.25, -0.2) is 0 Å². The Morgan fingerprint density at radius 3 is 2.80 bits per heavy atom. The van der Waals surface area contributed by atoms with Gasteiger partial charge in [-0.05, 0) is 49.3 Å². The number of anilines is 1. The summed E-state index contributed by atoms with van der Waals surface area (Å²) < 4.78 is 0. The summed E-state index contributed by atoms with van der Waals surface area (Å²) in [5.41, 5.74) is 0.797. The van der Waals surface area contributed by atoms with Crippen molar-refractivity contribution in [2.24, 2.45) is 11.8 Å². The summed E-state index contributed by atoms with van der Waals surface area (Å²) in [5, 5.41) is 13.0.